The molecule has 5 nitrogen and oxygen atoms in total. The number of hydrogen-bond donors (Lipinski definition) is 1. The molecule has 0 unspecified atom stereocenters. The number of rotatable bonds is 4. The zero-order valence-corrected chi connectivity index (χ0v) is 15.9. The molecule has 2 amide bonds. The summed E-state index contributed by atoms with van der Waals surface area (Å²) in [5.74, 6) is -1.77. The first-order chi connectivity index (χ1) is 14.5. The fourth-order valence-electron chi connectivity index (χ4n) is 3.24. The number of carbonyl (C=O) groups is 2. The Kier molecular flexibility index (Phi) is 5.43. The predicted molar refractivity (Wildman–Crippen MR) is 107 cm³/mol. The van der Waals surface area contributed by atoms with Gasteiger partial charge in [0.1, 0.15) is 17.4 Å². The summed E-state index contributed by atoms with van der Waals surface area (Å²) in [5, 5.41) is 2.43. The van der Waals surface area contributed by atoms with Gasteiger partial charge in [-0.3, -0.25) is 9.59 Å². The fraction of sp³-hybridized carbons (Fsp3) is 0.130. The van der Waals surface area contributed by atoms with Crippen molar-refractivity contribution in [2.24, 2.45) is 0 Å². The lowest BCUT2D eigenvalue weighted by Crippen LogP contribution is -2.31. The third kappa shape index (κ3) is 4.30. The Bertz CT molecular complexity index is 1100. The van der Waals surface area contributed by atoms with Crippen molar-refractivity contribution in [3.63, 3.8) is 0 Å². The van der Waals surface area contributed by atoms with Crippen LogP contribution in [0.15, 0.2) is 66.7 Å². The van der Waals surface area contributed by atoms with Crippen LogP contribution in [0.25, 0.3) is 0 Å². The van der Waals surface area contributed by atoms with E-state index in [-0.39, 0.29) is 30.3 Å². The molecular weight excluding hydrogens is 390 g/mol. The zero-order valence-electron chi connectivity index (χ0n) is 15.9. The highest BCUT2D eigenvalue weighted by atomic mass is 19.1. The molecule has 3 aromatic carbocycles. The van der Waals surface area contributed by atoms with Crippen molar-refractivity contribution in [1.82, 2.24) is 4.90 Å². The maximum atomic E-state index is 13.8. The summed E-state index contributed by atoms with van der Waals surface area (Å²) in [6, 6.07) is 17.3. The van der Waals surface area contributed by atoms with Gasteiger partial charge in [-0.15, -0.1) is 0 Å². The van der Waals surface area contributed by atoms with Crippen molar-refractivity contribution in [3.05, 3.63) is 95.1 Å². The van der Waals surface area contributed by atoms with Gasteiger partial charge in [-0.2, -0.15) is 0 Å². The Labute approximate surface area is 171 Å². The molecule has 0 aromatic heterocycles. The first-order valence-electron chi connectivity index (χ1n) is 9.33. The minimum absolute atomic E-state index is 0.0911. The van der Waals surface area contributed by atoms with Gasteiger partial charge in [-0.05, 0) is 35.9 Å². The number of amides is 2. The molecule has 1 heterocycles. The van der Waals surface area contributed by atoms with Gasteiger partial charge in [0.05, 0.1) is 5.69 Å². The predicted octanol–water partition coefficient (Wildman–Crippen LogP) is 4.14. The number of anilines is 1. The molecule has 0 atom stereocenters. The second-order valence-electron chi connectivity index (χ2n) is 6.92. The van der Waals surface area contributed by atoms with Crippen LogP contribution in [-0.2, 0) is 17.9 Å². The SMILES string of the molecule is O=C(Nc1ccc(F)cc1F)c1ccc2c(c1)CN(Cc1ccccc1)C(=O)CO2. The molecule has 1 N–H and O–H groups in total. The summed E-state index contributed by atoms with van der Waals surface area (Å²) in [6.45, 7) is 0.598. The van der Waals surface area contributed by atoms with Gasteiger partial charge in [-0.1, -0.05) is 30.3 Å². The van der Waals surface area contributed by atoms with E-state index in [4.69, 9.17) is 4.74 Å². The summed E-state index contributed by atoms with van der Waals surface area (Å²) in [7, 11) is 0. The number of carbonyl (C=O) groups excluding carboxylic acids is 2. The van der Waals surface area contributed by atoms with Crippen LogP contribution in [0.2, 0.25) is 0 Å². The van der Waals surface area contributed by atoms with Gasteiger partial charge in [0.2, 0.25) is 0 Å². The number of benzene rings is 3. The van der Waals surface area contributed by atoms with E-state index in [9.17, 15) is 18.4 Å². The highest BCUT2D eigenvalue weighted by molar-refractivity contribution is 6.04. The number of ether oxygens (including phenoxy) is 1. The Morgan fingerprint density at radius 3 is 2.60 bits per heavy atom. The molecule has 0 saturated heterocycles. The molecule has 0 bridgehead atoms. The third-order valence-electron chi connectivity index (χ3n) is 4.78. The van der Waals surface area contributed by atoms with Crippen LogP contribution in [-0.4, -0.2) is 23.3 Å². The smallest absolute Gasteiger partial charge is 0.261 e. The summed E-state index contributed by atoms with van der Waals surface area (Å²) in [6.07, 6.45) is 0. The molecule has 0 fully saturated rings. The van der Waals surface area contributed by atoms with Crippen molar-refractivity contribution in [1.29, 1.82) is 0 Å². The number of nitrogens with zero attached hydrogens (tertiary/aromatic N) is 1. The van der Waals surface area contributed by atoms with Gasteiger partial charge in [0, 0.05) is 30.3 Å². The molecule has 0 saturated carbocycles. The number of nitrogens with one attached hydrogen (secondary N) is 1. The molecule has 30 heavy (non-hydrogen) atoms. The second kappa shape index (κ2) is 8.32. The second-order valence-corrected chi connectivity index (χ2v) is 6.92. The van der Waals surface area contributed by atoms with E-state index in [1.165, 1.54) is 6.07 Å². The van der Waals surface area contributed by atoms with Crippen molar-refractivity contribution in [2.75, 3.05) is 11.9 Å². The van der Waals surface area contributed by atoms with Crippen LogP contribution in [0.3, 0.4) is 0 Å². The molecule has 1 aliphatic heterocycles. The minimum Gasteiger partial charge on any atom is -0.483 e. The molecule has 152 valence electrons. The van der Waals surface area contributed by atoms with E-state index < -0.39 is 17.5 Å². The third-order valence-corrected chi connectivity index (χ3v) is 4.78. The van der Waals surface area contributed by atoms with E-state index in [1.807, 2.05) is 30.3 Å². The summed E-state index contributed by atoms with van der Waals surface area (Å²) >= 11 is 0. The largest absolute Gasteiger partial charge is 0.483 e. The summed E-state index contributed by atoms with van der Waals surface area (Å²) in [4.78, 5) is 26.7. The van der Waals surface area contributed by atoms with Gasteiger partial charge in [0.25, 0.3) is 11.8 Å². The van der Waals surface area contributed by atoms with Gasteiger partial charge < -0.3 is 15.0 Å². The van der Waals surface area contributed by atoms with E-state index in [1.54, 1.807) is 17.0 Å². The molecule has 3 aromatic rings. The summed E-state index contributed by atoms with van der Waals surface area (Å²) in [5.41, 5.74) is 1.81. The lowest BCUT2D eigenvalue weighted by molar-refractivity contribution is -0.133. The first kappa shape index (κ1) is 19.6. The highest BCUT2D eigenvalue weighted by Gasteiger charge is 2.23. The van der Waals surface area contributed by atoms with Crippen molar-refractivity contribution < 1.29 is 23.1 Å². The molecule has 4 rings (SSSR count). The lowest BCUT2D eigenvalue weighted by Gasteiger charge is -2.20. The molecule has 1 aliphatic rings. The Hall–Kier alpha value is -3.74. The quantitative estimate of drug-likeness (QED) is 0.706. The van der Waals surface area contributed by atoms with Gasteiger partial charge >= 0.3 is 0 Å². The van der Waals surface area contributed by atoms with Crippen LogP contribution in [0.4, 0.5) is 14.5 Å². The van der Waals surface area contributed by atoms with E-state index >= 15 is 0 Å². The Balaban J connectivity index is 1.55. The van der Waals surface area contributed by atoms with E-state index in [0.29, 0.717) is 23.9 Å². The standard InChI is InChI=1S/C23H18F2N2O3/c24-18-7-8-20(19(25)11-18)26-23(29)16-6-9-21-17(10-16)13-27(22(28)14-30-21)12-15-4-2-1-3-5-15/h1-11H,12-14H2,(H,26,29). The number of hydrogen-bond acceptors (Lipinski definition) is 3. The molecule has 0 radical (unpaired) electrons. The fourth-order valence-corrected chi connectivity index (χ4v) is 3.24. The molecular formula is C23H18F2N2O3. The highest BCUT2D eigenvalue weighted by Crippen LogP contribution is 2.26. The van der Waals surface area contributed by atoms with Crippen LogP contribution in [0.1, 0.15) is 21.5 Å². The number of halogens is 2. The molecule has 0 aliphatic carbocycles. The topological polar surface area (TPSA) is 58.6 Å². The van der Waals surface area contributed by atoms with Crippen molar-refractivity contribution in [2.45, 2.75) is 13.1 Å². The Morgan fingerprint density at radius 2 is 1.83 bits per heavy atom. The first-order valence-corrected chi connectivity index (χ1v) is 9.33. The maximum absolute atomic E-state index is 13.8. The molecule has 0 spiro atoms. The normalized spacial score (nSPS) is 13.3. The van der Waals surface area contributed by atoms with E-state index in [2.05, 4.69) is 5.32 Å². The monoisotopic (exact) mass is 408 g/mol. The van der Waals surface area contributed by atoms with Crippen LogP contribution in [0, 0.1) is 11.6 Å². The summed E-state index contributed by atoms with van der Waals surface area (Å²) < 4.78 is 32.5. The molecule has 7 heteroatoms. The van der Waals surface area contributed by atoms with Crippen molar-refractivity contribution >= 4 is 17.5 Å². The van der Waals surface area contributed by atoms with Crippen LogP contribution in [0.5, 0.6) is 5.75 Å². The average Bonchev–Trinajstić information content (AvgIpc) is 2.89. The number of fused-ring (bicyclic) bond motifs is 1. The Morgan fingerprint density at radius 1 is 1.03 bits per heavy atom. The minimum atomic E-state index is -0.860. The van der Waals surface area contributed by atoms with Crippen LogP contribution < -0.4 is 10.1 Å². The van der Waals surface area contributed by atoms with E-state index in [0.717, 1.165) is 17.7 Å². The van der Waals surface area contributed by atoms with Gasteiger partial charge in [0.15, 0.2) is 6.61 Å². The van der Waals surface area contributed by atoms with Gasteiger partial charge in [-0.25, -0.2) is 8.78 Å². The maximum Gasteiger partial charge on any atom is 0.261 e. The van der Waals surface area contributed by atoms with Crippen molar-refractivity contribution in [3.8, 4) is 5.75 Å². The zero-order chi connectivity index (χ0) is 21.1. The average molecular weight is 408 g/mol. The van der Waals surface area contributed by atoms with Crippen LogP contribution >= 0.6 is 0 Å². The lowest BCUT2D eigenvalue weighted by atomic mass is 10.1.